The largest absolute Gasteiger partial charge is 0.478 e. The molecule has 0 saturated heterocycles. The monoisotopic (exact) mass is 256 g/mol. The third-order valence-electron chi connectivity index (χ3n) is 2.43. The van der Waals surface area contributed by atoms with Crippen LogP contribution < -0.4 is 10.6 Å². The molecule has 1 heterocycles. The van der Waals surface area contributed by atoms with E-state index in [4.69, 9.17) is 5.11 Å². The third-order valence-corrected chi connectivity index (χ3v) is 3.26. The van der Waals surface area contributed by atoms with Crippen LogP contribution in [0.4, 0.5) is 9.80 Å². The zero-order valence-electron chi connectivity index (χ0n) is 9.82. The number of carboxylic acids is 1. The summed E-state index contributed by atoms with van der Waals surface area (Å²) in [5, 5.41) is 16.1. The Labute approximate surface area is 104 Å². The highest BCUT2D eigenvalue weighted by atomic mass is 32.1. The first-order valence-corrected chi connectivity index (χ1v) is 6.28. The van der Waals surface area contributed by atoms with Crippen molar-refractivity contribution in [2.75, 3.05) is 11.9 Å². The summed E-state index contributed by atoms with van der Waals surface area (Å²) in [7, 11) is 0. The van der Waals surface area contributed by atoms with Crippen molar-refractivity contribution in [2.45, 2.75) is 20.3 Å². The minimum absolute atomic E-state index is 0.119. The van der Waals surface area contributed by atoms with Gasteiger partial charge in [-0.2, -0.15) is 0 Å². The molecule has 5 nitrogen and oxygen atoms in total. The number of hydrogen-bond acceptors (Lipinski definition) is 3. The van der Waals surface area contributed by atoms with E-state index in [0.717, 1.165) is 6.42 Å². The predicted molar refractivity (Wildman–Crippen MR) is 67.8 cm³/mol. The number of nitrogens with one attached hydrogen (secondary N) is 2. The van der Waals surface area contributed by atoms with Crippen molar-refractivity contribution in [1.29, 1.82) is 0 Å². The summed E-state index contributed by atoms with van der Waals surface area (Å²) in [5.41, 5.74) is 0.119. The minimum atomic E-state index is -1.04. The number of hydrogen-bond donors (Lipinski definition) is 3. The summed E-state index contributed by atoms with van der Waals surface area (Å²) in [4.78, 5) is 22.3. The van der Waals surface area contributed by atoms with Gasteiger partial charge in [0, 0.05) is 6.54 Å². The maximum absolute atomic E-state index is 11.5. The van der Waals surface area contributed by atoms with Crippen LogP contribution in [0.1, 0.15) is 30.6 Å². The van der Waals surface area contributed by atoms with Crippen molar-refractivity contribution in [3.05, 3.63) is 17.0 Å². The van der Waals surface area contributed by atoms with Gasteiger partial charge < -0.3 is 10.4 Å². The summed E-state index contributed by atoms with van der Waals surface area (Å²) >= 11 is 1.19. The van der Waals surface area contributed by atoms with Gasteiger partial charge in [0.1, 0.15) is 5.00 Å². The Morgan fingerprint density at radius 1 is 1.53 bits per heavy atom. The summed E-state index contributed by atoms with van der Waals surface area (Å²) in [6.07, 6.45) is 0.986. The molecule has 1 unspecified atom stereocenters. The average molecular weight is 256 g/mol. The second-order valence-corrected chi connectivity index (χ2v) is 4.73. The Balaban J connectivity index is 2.51. The van der Waals surface area contributed by atoms with E-state index in [2.05, 4.69) is 10.6 Å². The molecule has 17 heavy (non-hydrogen) atoms. The molecule has 3 N–H and O–H groups in total. The molecule has 1 atom stereocenters. The zero-order valence-corrected chi connectivity index (χ0v) is 10.6. The molecule has 1 rings (SSSR count). The average Bonchev–Trinajstić information content (AvgIpc) is 2.74. The number of carboxylic acid groups (broad SMARTS) is 1. The van der Waals surface area contributed by atoms with E-state index in [0.29, 0.717) is 17.5 Å². The van der Waals surface area contributed by atoms with Gasteiger partial charge in [-0.15, -0.1) is 11.3 Å². The molecule has 0 radical (unpaired) electrons. The molecule has 0 aliphatic heterocycles. The fourth-order valence-electron chi connectivity index (χ4n) is 1.13. The summed E-state index contributed by atoms with van der Waals surface area (Å²) < 4.78 is 0. The maximum atomic E-state index is 11.5. The highest BCUT2D eigenvalue weighted by Gasteiger charge is 2.13. The number of urea groups is 1. The fourth-order valence-corrected chi connectivity index (χ4v) is 1.91. The van der Waals surface area contributed by atoms with Crippen LogP contribution in [0, 0.1) is 5.92 Å². The number of rotatable bonds is 5. The Morgan fingerprint density at radius 2 is 2.24 bits per heavy atom. The Morgan fingerprint density at radius 3 is 2.82 bits per heavy atom. The quantitative estimate of drug-likeness (QED) is 0.757. The van der Waals surface area contributed by atoms with Crippen LogP contribution in [0.15, 0.2) is 11.4 Å². The van der Waals surface area contributed by atoms with Crippen LogP contribution in [0.3, 0.4) is 0 Å². The van der Waals surface area contributed by atoms with E-state index in [1.165, 1.54) is 17.4 Å². The van der Waals surface area contributed by atoms with Crippen molar-refractivity contribution < 1.29 is 14.7 Å². The third kappa shape index (κ3) is 4.07. The van der Waals surface area contributed by atoms with Crippen molar-refractivity contribution in [1.82, 2.24) is 5.32 Å². The summed E-state index contributed by atoms with van der Waals surface area (Å²) in [5.74, 6) is -0.633. The number of amides is 2. The first kappa shape index (κ1) is 13.5. The standard InChI is InChI=1S/C11H16N2O3S/c1-3-7(2)6-12-11(16)13-9-8(10(14)15)4-5-17-9/h4-5,7H,3,6H2,1-2H3,(H,14,15)(H2,12,13,16). The van der Waals surface area contributed by atoms with Crippen molar-refractivity contribution >= 4 is 28.3 Å². The lowest BCUT2D eigenvalue weighted by atomic mass is 10.1. The molecule has 0 aliphatic carbocycles. The molecule has 2 amide bonds. The zero-order chi connectivity index (χ0) is 12.8. The smallest absolute Gasteiger partial charge is 0.338 e. The van der Waals surface area contributed by atoms with Crippen LogP contribution in [-0.4, -0.2) is 23.7 Å². The lowest BCUT2D eigenvalue weighted by molar-refractivity contribution is 0.0698. The fraction of sp³-hybridized carbons (Fsp3) is 0.455. The lowest BCUT2D eigenvalue weighted by Gasteiger charge is -2.10. The van der Waals surface area contributed by atoms with Gasteiger partial charge in [-0.1, -0.05) is 20.3 Å². The normalized spacial score (nSPS) is 11.9. The van der Waals surface area contributed by atoms with Gasteiger partial charge in [0.25, 0.3) is 0 Å². The molecule has 0 saturated carbocycles. The van der Waals surface area contributed by atoms with Gasteiger partial charge in [0.05, 0.1) is 5.56 Å². The second-order valence-electron chi connectivity index (χ2n) is 3.82. The first-order chi connectivity index (χ1) is 8.04. The SMILES string of the molecule is CCC(C)CNC(=O)Nc1sccc1C(=O)O. The van der Waals surface area contributed by atoms with Crippen molar-refractivity contribution in [2.24, 2.45) is 5.92 Å². The molecule has 6 heteroatoms. The van der Waals surface area contributed by atoms with E-state index >= 15 is 0 Å². The van der Waals surface area contributed by atoms with Crippen molar-refractivity contribution in [3.63, 3.8) is 0 Å². The molecule has 0 aromatic carbocycles. The maximum Gasteiger partial charge on any atom is 0.338 e. The number of carbonyl (C=O) groups is 2. The minimum Gasteiger partial charge on any atom is -0.478 e. The topological polar surface area (TPSA) is 78.4 Å². The van der Waals surface area contributed by atoms with E-state index in [1.807, 2.05) is 13.8 Å². The van der Waals surface area contributed by atoms with Gasteiger partial charge in [0.15, 0.2) is 0 Å². The summed E-state index contributed by atoms with van der Waals surface area (Å²) in [6, 6.07) is 1.10. The highest BCUT2D eigenvalue weighted by Crippen LogP contribution is 2.22. The summed E-state index contributed by atoms with van der Waals surface area (Å²) in [6.45, 7) is 4.66. The molecule has 94 valence electrons. The molecular formula is C11H16N2O3S. The molecule has 0 fully saturated rings. The molecule has 0 spiro atoms. The first-order valence-electron chi connectivity index (χ1n) is 5.40. The van der Waals surface area contributed by atoms with Crippen LogP contribution in [0.2, 0.25) is 0 Å². The van der Waals surface area contributed by atoms with Gasteiger partial charge in [-0.05, 0) is 17.4 Å². The van der Waals surface area contributed by atoms with Gasteiger partial charge in [-0.25, -0.2) is 9.59 Å². The number of thiophene rings is 1. The number of aromatic carboxylic acids is 1. The Bertz CT molecular complexity index is 403. The molecular weight excluding hydrogens is 240 g/mol. The molecule has 1 aromatic rings. The van der Waals surface area contributed by atoms with Gasteiger partial charge >= 0.3 is 12.0 Å². The molecule has 0 bridgehead atoms. The Hall–Kier alpha value is -1.56. The van der Waals surface area contributed by atoms with Crippen LogP contribution in [0.25, 0.3) is 0 Å². The van der Waals surface area contributed by atoms with E-state index in [1.54, 1.807) is 5.38 Å². The molecule has 0 aliphatic rings. The van der Waals surface area contributed by atoms with E-state index in [-0.39, 0.29) is 11.6 Å². The van der Waals surface area contributed by atoms with E-state index < -0.39 is 5.97 Å². The van der Waals surface area contributed by atoms with Gasteiger partial charge in [0.2, 0.25) is 0 Å². The Kier molecular flexibility index (Phi) is 4.96. The van der Waals surface area contributed by atoms with Crippen LogP contribution >= 0.6 is 11.3 Å². The molecule has 1 aromatic heterocycles. The number of anilines is 1. The lowest BCUT2D eigenvalue weighted by Crippen LogP contribution is -2.32. The van der Waals surface area contributed by atoms with Crippen molar-refractivity contribution in [3.8, 4) is 0 Å². The predicted octanol–water partition coefficient (Wildman–Crippen LogP) is 2.61. The van der Waals surface area contributed by atoms with E-state index in [9.17, 15) is 9.59 Å². The van der Waals surface area contributed by atoms with Gasteiger partial charge in [-0.3, -0.25) is 5.32 Å². The highest BCUT2D eigenvalue weighted by molar-refractivity contribution is 7.14. The van der Waals surface area contributed by atoms with Crippen LogP contribution in [0.5, 0.6) is 0 Å². The second kappa shape index (κ2) is 6.24. The van der Waals surface area contributed by atoms with Crippen LogP contribution in [-0.2, 0) is 0 Å². The number of carbonyl (C=O) groups excluding carboxylic acids is 1.